The molecule has 3 aromatic rings. The largest absolute Gasteiger partial charge is 0.369 e. The first-order chi connectivity index (χ1) is 19.8. The van der Waals surface area contributed by atoms with Crippen molar-refractivity contribution in [1.29, 1.82) is 10.5 Å². The van der Waals surface area contributed by atoms with Crippen LogP contribution < -0.4 is 4.90 Å². The molecular weight excluding hydrogens is 553 g/mol. The highest BCUT2D eigenvalue weighted by molar-refractivity contribution is 7.91. The fraction of sp³-hybridized carbons (Fsp3) is 0.438. The number of aromatic nitrogens is 1. The number of hydrogen-bond acceptors (Lipinski definition) is 8. The van der Waals surface area contributed by atoms with Gasteiger partial charge in [0.2, 0.25) is 0 Å². The van der Waals surface area contributed by atoms with Gasteiger partial charge in [0.05, 0.1) is 45.2 Å². The van der Waals surface area contributed by atoms with Crippen molar-refractivity contribution < 1.29 is 13.2 Å². The Hall–Kier alpha value is -3.53. The van der Waals surface area contributed by atoms with Gasteiger partial charge >= 0.3 is 0 Å². The quantitative estimate of drug-likeness (QED) is 0.329. The molecule has 41 heavy (non-hydrogen) atoms. The van der Waals surface area contributed by atoms with E-state index in [0.29, 0.717) is 25.1 Å². The second-order valence-corrected chi connectivity index (χ2v) is 14.9. The molecule has 0 amide bonds. The summed E-state index contributed by atoms with van der Waals surface area (Å²) in [5, 5.41) is 19.9. The Labute approximate surface area is 245 Å². The Bertz CT molecular complexity index is 1650. The third-order valence-electron chi connectivity index (χ3n) is 8.87. The molecule has 2 heterocycles. The van der Waals surface area contributed by atoms with Gasteiger partial charge in [0.1, 0.15) is 10.8 Å². The van der Waals surface area contributed by atoms with Crippen LogP contribution in [0.2, 0.25) is 0 Å². The summed E-state index contributed by atoms with van der Waals surface area (Å²) in [6, 6.07) is 20.3. The first kappa shape index (κ1) is 27.6. The predicted molar refractivity (Wildman–Crippen MR) is 160 cm³/mol. The van der Waals surface area contributed by atoms with Crippen LogP contribution in [0.4, 0.5) is 5.69 Å². The van der Waals surface area contributed by atoms with Crippen molar-refractivity contribution in [2.45, 2.75) is 50.9 Å². The number of ketones is 1. The van der Waals surface area contributed by atoms with E-state index in [1.54, 1.807) is 17.4 Å². The predicted octanol–water partition coefficient (Wildman–Crippen LogP) is 6.12. The molecule has 6 rings (SSSR count). The summed E-state index contributed by atoms with van der Waals surface area (Å²) in [5.41, 5.74) is 3.94. The van der Waals surface area contributed by atoms with E-state index in [1.807, 2.05) is 30.3 Å². The van der Waals surface area contributed by atoms with E-state index in [4.69, 9.17) is 4.98 Å². The molecule has 3 aliphatic rings. The summed E-state index contributed by atoms with van der Waals surface area (Å²) in [7, 11) is -2.96. The maximum absolute atomic E-state index is 13.6. The Balaban J connectivity index is 1.36. The molecular formula is C32H32N4O3S2. The average molecular weight is 585 g/mol. The number of anilines is 1. The number of thiazole rings is 1. The molecule has 1 saturated heterocycles. The number of benzene rings is 2. The lowest BCUT2D eigenvalue weighted by Crippen LogP contribution is -2.40. The molecule has 2 aromatic carbocycles. The molecule has 0 bridgehead atoms. The van der Waals surface area contributed by atoms with Crippen molar-refractivity contribution in [1.82, 2.24) is 4.98 Å². The van der Waals surface area contributed by atoms with Crippen LogP contribution in [-0.2, 0) is 14.6 Å². The Morgan fingerprint density at radius 2 is 1.76 bits per heavy atom. The first-order valence-electron chi connectivity index (χ1n) is 14.3. The standard InChI is InChI=1S/C32H32N4O3S2/c33-20-22-4-3-5-24(18-22)31-35-29(27-7-2-1-6-26(27)28(37)19-32(21-34)12-13-32)30(40-31)23-8-10-25(11-9-23)36-14-16-41(38,39)17-15-36/h3-5,8-11,18,26-27H,1-2,6-7,12-17,19H2/t26-,27-/m1/s1. The second-order valence-electron chi connectivity index (χ2n) is 11.6. The summed E-state index contributed by atoms with van der Waals surface area (Å²) in [6.07, 6.45) is 5.69. The zero-order valence-electron chi connectivity index (χ0n) is 22.9. The molecule has 9 heteroatoms. The third-order valence-corrected chi connectivity index (χ3v) is 11.6. The van der Waals surface area contributed by atoms with Crippen LogP contribution in [0.1, 0.15) is 62.1 Å². The van der Waals surface area contributed by atoms with E-state index in [0.717, 1.165) is 70.9 Å². The number of sulfone groups is 1. The Morgan fingerprint density at radius 3 is 2.44 bits per heavy atom. The number of carbonyl (C=O) groups is 1. The van der Waals surface area contributed by atoms with E-state index in [2.05, 4.69) is 29.2 Å². The lowest BCUT2D eigenvalue weighted by molar-refractivity contribution is -0.125. The molecule has 0 unspecified atom stereocenters. The van der Waals surface area contributed by atoms with E-state index >= 15 is 0 Å². The molecule has 0 N–H and O–H groups in total. The van der Waals surface area contributed by atoms with Crippen LogP contribution >= 0.6 is 11.3 Å². The smallest absolute Gasteiger partial charge is 0.153 e. The monoisotopic (exact) mass is 584 g/mol. The zero-order valence-corrected chi connectivity index (χ0v) is 24.5. The number of carbonyl (C=O) groups excluding carboxylic acids is 1. The fourth-order valence-electron chi connectivity index (χ4n) is 6.22. The van der Waals surface area contributed by atoms with Crippen molar-refractivity contribution in [2.75, 3.05) is 29.5 Å². The first-order valence-corrected chi connectivity index (χ1v) is 16.9. The van der Waals surface area contributed by atoms with Gasteiger partial charge in [-0.1, -0.05) is 37.1 Å². The minimum absolute atomic E-state index is 0.0168. The van der Waals surface area contributed by atoms with Crippen molar-refractivity contribution in [2.24, 2.45) is 11.3 Å². The van der Waals surface area contributed by atoms with Crippen LogP contribution in [0.3, 0.4) is 0 Å². The topological polar surface area (TPSA) is 115 Å². The maximum Gasteiger partial charge on any atom is 0.153 e. The van der Waals surface area contributed by atoms with Gasteiger partial charge in [-0.3, -0.25) is 4.79 Å². The van der Waals surface area contributed by atoms with Gasteiger partial charge in [0.15, 0.2) is 9.84 Å². The zero-order chi connectivity index (χ0) is 28.6. The number of nitrogens with zero attached hydrogens (tertiary/aromatic N) is 4. The van der Waals surface area contributed by atoms with Crippen LogP contribution in [0, 0.1) is 34.0 Å². The molecule has 1 aliphatic heterocycles. The van der Waals surface area contributed by atoms with E-state index in [1.165, 1.54) is 0 Å². The van der Waals surface area contributed by atoms with Gasteiger partial charge in [0.25, 0.3) is 0 Å². The van der Waals surface area contributed by atoms with Crippen molar-refractivity contribution in [3.63, 3.8) is 0 Å². The highest BCUT2D eigenvalue weighted by atomic mass is 32.2. The average Bonchev–Trinajstić information content (AvgIpc) is 3.63. The third kappa shape index (κ3) is 5.80. The summed E-state index contributed by atoms with van der Waals surface area (Å²) in [5.74, 6) is 0.364. The normalized spacial score (nSPS) is 22.8. The minimum Gasteiger partial charge on any atom is -0.369 e. The molecule has 1 aromatic heterocycles. The lowest BCUT2D eigenvalue weighted by atomic mass is 9.73. The highest BCUT2D eigenvalue weighted by Gasteiger charge is 2.47. The molecule has 210 valence electrons. The number of nitriles is 2. The molecule has 0 spiro atoms. The molecule has 7 nitrogen and oxygen atoms in total. The van der Waals surface area contributed by atoms with Crippen LogP contribution in [-0.4, -0.2) is 43.8 Å². The van der Waals surface area contributed by atoms with Crippen LogP contribution in [0.5, 0.6) is 0 Å². The van der Waals surface area contributed by atoms with E-state index < -0.39 is 15.3 Å². The van der Waals surface area contributed by atoms with Crippen LogP contribution in [0.15, 0.2) is 48.5 Å². The second kappa shape index (κ2) is 11.0. The molecule has 2 aliphatic carbocycles. The molecule has 2 atom stereocenters. The molecule has 2 saturated carbocycles. The minimum atomic E-state index is -2.96. The fourth-order valence-corrected chi connectivity index (χ4v) is 8.56. The Kier molecular flexibility index (Phi) is 7.44. The number of hydrogen-bond donors (Lipinski definition) is 0. The maximum atomic E-state index is 13.6. The molecule has 0 radical (unpaired) electrons. The Morgan fingerprint density at radius 1 is 1.02 bits per heavy atom. The summed E-state index contributed by atoms with van der Waals surface area (Å²) in [4.78, 5) is 21.9. The lowest BCUT2D eigenvalue weighted by Gasteiger charge is -2.31. The summed E-state index contributed by atoms with van der Waals surface area (Å²) in [6.45, 7) is 0.978. The van der Waals surface area contributed by atoms with E-state index in [-0.39, 0.29) is 29.1 Å². The van der Waals surface area contributed by atoms with Gasteiger partial charge in [-0.05, 0) is 55.5 Å². The molecule has 3 fully saturated rings. The van der Waals surface area contributed by atoms with Crippen LogP contribution in [0.25, 0.3) is 21.0 Å². The van der Waals surface area contributed by atoms with Gasteiger partial charge in [-0.2, -0.15) is 10.5 Å². The summed E-state index contributed by atoms with van der Waals surface area (Å²) < 4.78 is 23.8. The van der Waals surface area contributed by atoms with Crippen molar-refractivity contribution in [3.8, 4) is 33.2 Å². The van der Waals surface area contributed by atoms with Crippen molar-refractivity contribution in [3.05, 3.63) is 59.8 Å². The van der Waals surface area contributed by atoms with E-state index in [9.17, 15) is 23.7 Å². The van der Waals surface area contributed by atoms with Gasteiger partial charge in [-0.15, -0.1) is 11.3 Å². The highest BCUT2D eigenvalue weighted by Crippen LogP contribution is 2.51. The summed E-state index contributed by atoms with van der Waals surface area (Å²) >= 11 is 1.59. The van der Waals surface area contributed by atoms with Gasteiger partial charge in [-0.25, -0.2) is 13.4 Å². The van der Waals surface area contributed by atoms with Gasteiger partial charge in [0, 0.05) is 42.6 Å². The number of Topliss-reactive ketones (excluding diaryl/α,β-unsaturated/α-hetero) is 1. The SMILES string of the molecule is N#Cc1cccc(-c2nc([C@@H]3CCCC[C@H]3C(=O)CC3(C#N)CC3)c(-c3ccc(N4CCS(=O)(=O)CC4)cc3)s2)c1. The number of rotatable bonds is 7. The van der Waals surface area contributed by atoms with Crippen molar-refractivity contribution >= 4 is 32.6 Å². The van der Waals surface area contributed by atoms with Gasteiger partial charge < -0.3 is 4.90 Å².